The number of carbonyl (C=O) groups is 1. The van der Waals surface area contributed by atoms with E-state index in [4.69, 9.17) is 9.26 Å². The Balaban J connectivity index is 1.61. The zero-order chi connectivity index (χ0) is 21.1. The zero-order valence-electron chi connectivity index (χ0n) is 16.6. The van der Waals surface area contributed by atoms with Gasteiger partial charge in [0.2, 0.25) is 0 Å². The van der Waals surface area contributed by atoms with Gasteiger partial charge in [0.25, 0.3) is 15.9 Å². The number of piperidine rings is 1. The quantitative estimate of drug-likeness (QED) is 0.642. The van der Waals surface area contributed by atoms with Crippen LogP contribution >= 0.6 is 0 Å². The van der Waals surface area contributed by atoms with Gasteiger partial charge in [-0.25, -0.2) is 8.42 Å². The molecule has 30 heavy (non-hydrogen) atoms. The van der Waals surface area contributed by atoms with Crippen molar-refractivity contribution in [3.05, 3.63) is 48.2 Å². The van der Waals surface area contributed by atoms with Crippen LogP contribution in [0.2, 0.25) is 0 Å². The van der Waals surface area contributed by atoms with Crippen LogP contribution in [0.3, 0.4) is 0 Å². The first-order chi connectivity index (χ1) is 14.5. The number of nitrogens with one attached hydrogen (secondary N) is 1. The molecule has 0 unspecified atom stereocenters. The Morgan fingerprint density at radius 1 is 1.13 bits per heavy atom. The maximum atomic E-state index is 12.9. The van der Waals surface area contributed by atoms with Crippen molar-refractivity contribution in [2.24, 2.45) is 0 Å². The summed E-state index contributed by atoms with van der Waals surface area (Å²) >= 11 is 0. The molecule has 9 heteroatoms. The summed E-state index contributed by atoms with van der Waals surface area (Å²) in [5.41, 5.74) is 0.925. The second-order valence-corrected chi connectivity index (χ2v) is 8.79. The number of amides is 1. The lowest BCUT2D eigenvalue weighted by Gasteiger charge is -2.25. The molecule has 0 atom stereocenters. The molecular formula is C21H23N3O5S. The van der Waals surface area contributed by atoms with Crippen molar-refractivity contribution in [2.45, 2.75) is 31.1 Å². The van der Waals surface area contributed by atoms with E-state index >= 15 is 0 Å². The molecule has 1 fully saturated rings. The molecule has 2 heterocycles. The number of rotatable bonds is 6. The van der Waals surface area contributed by atoms with E-state index in [9.17, 15) is 13.2 Å². The van der Waals surface area contributed by atoms with E-state index in [1.54, 1.807) is 29.2 Å². The van der Waals surface area contributed by atoms with Gasteiger partial charge in [0.15, 0.2) is 11.3 Å². The van der Waals surface area contributed by atoms with E-state index in [2.05, 4.69) is 9.88 Å². The molecule has 1 aliphatic rings. The molecule has 0 bridgehead atoms. The predicted octanol–water partition coefficient (Wildman–Crippen LogP) is 3.65. The summed E-state index contributed by atoms with van der Waals surface area (Å²) in [5, 5.41) is 4.30. The number of fused-ring (bicyclic) bond motifs is 1. The van der Waals surface area contributed by atoms with Crippen LogP contribution in [-0.4, -0.2) is 44.1 Å². The average molecular weight is 429 g/mol. The third-order valence-corrected chi connectivity index (χ3v) is 6.39. The van der Waals surface area contributed by atoms with Crippen LogP contribution in [0.1, 0.15) is 36.7 Å². The highest BCUT2D eigenvalue weighted by atomic mass is 32.2. The van der Waals surface area contributed by atoms with Crippen molar-refractivity contribution in [3.8, 4) is 5.75 Å². The van der Waals surface area contributed by atoms with E-state index < -0.39 is 10.0 Å². The Kier molecular flexibility index (Phi) is 5.63. The van der Waals surface area contributed by atoms with Gasteiger partial charge in [-0.05, 0) is 68.7 Å². The lowest BCUT2D eigenvalue weighted by Crippen LogP contribution is -2.35. The molecular weight excluding hydrogens is 406 g/mol. The number of likely N-dealkylation sites (tertiary alicyclic amines) is 1. The Morgan fingerprint density at radius 3 is 2.57 bits per heavy atom. The standard InChI is InChI=1S/C21H23N3O5S/c1-2-28-16-8-6-15(7-9-16)23-30(26,27)17-10-11-19-18(14-17)20(22-29-19)21(25)24-12-4-3-5-13-24/h6-11,14,23H,2-5,12-13H2,1H3. The van der Waals surface area contributed by atoms with Crippen molar-refractivity contribution >= 4 is 32.6 Å². The lowest BCUT2D eigenvalue weighted by atomic mass is 10.1. The van der Waals surface area contributed by atoms with Crippen LogP contribution in [0, 0.1) is 0 Å². The molecule has 1 N–H and O–H groups in total. The largest absolute Gasteiger partial charge is 0.494 e. The first-order valence-electron chi connectivity index (χ1n) is 9.92. The molecule has 2 aromatic carbocycles. The number of anilines is 1. The molecule has 0 radical (unpaired) electrons. The SMILES string of the molecule is CCOc1ccc(NS(=O)(=O)c2ccc3onc(C(=O)N4CCCCC4)c3c2)cc1. The van der Waals surface area contributed by atoms with Gasteiger partial charge in [-0.15, -0.1) is 0 Å². The van der Waals surface area contributed by atoms with Crippen molar-refractivity contribution < 1.29 is 22.5 Å². The fraction of sp³-hybridized carbons (Fsp3) is 0.333. The Bertz CT molecular complexity index is 1150. The summed E-state index contributed by atoms with van der Waals surface area (Å²) in [4.78, 5) is 14.6. The van der Waals surface area contributed by atoms with Crippen molar-refractivity contribution in [2.75, 3.05) is 24.4 Å². The lowest BCUT2D eigenvalue weighted by molar-refractivity contribution is 0.0716. The number of nitrogens with zero attached hydrogens (tertiary/aromatic N) is 2. The van der Waals surface area contributed by atoms with Crippen molar-refractivity contribution in [1.29, 1.82) is 0 Å². The normalized spacial score (nSPS) is 14.6. The summed E-state index contributed by atoms with van der Waals surface area (Å²) in [6.45, 7) is 3.75. The number of sulfonamides is 1. The van der Waals surface area contributed by atoms with Crippen molar-refractivity contribution in [3.63, 3.8) is 0 Å². The van der Waals surface area contributed by atoms with Gasteiger partial charge in [-0.3, -0.25) is 9.52 Å². The monoisotopic (exact) mass is 429 g/mol. The molecule has 4 rings (SSSR count). The highest BCUT2D eigenvalue weighted by molar-refractivity contribution is 7.92. The van der Waals surface area contributed by atoms with Crippen LogP contribution in [0.15, 0.2) is 51.9 Å². The van der Waals surface area contributed by atoms with E-state index in [0.29, 0.717) is 42.1 Å². The summed E-state index contributed by atoms with van der Waals surface area (Å²) < 4.78 is 38.9. The highest BCUT2D eigenvalue weighted by Gasteiger charge is 2.25. The summed E-state index contributed by atoms with van der Waals surface area (Å²) in [6, 6.07) is 11.0. The molecule has 3 aromatic rings. The van der Waals surface area contributed by atoms with Gasteiger partial charge in [0.1, 0.15) is 5.75 Å². The molecule has 0 spiro atoms. The Morgan fingerprint density at radius 2 is 1.87 bits per heavy atom. The summed E-state index contributed by atoms with van der Waals surface area (Å²) in [6.07, 6.45) is 3.00. The second-order valence-electron chi connectivity index (χ2n) is 7.10. The average Bonchev–Trinajstić information content (AvgIpc) is 3.18. The molecule has 0 saturated carbocycles. The van der Waals surface area contributed by atoms with Gasteiger partial charge in [-0.2, -0.15) is 0 Å². The number of carbonyl (C=O) groups excluding carboxylic acids is 1. The van der Waals surface area contributed by atoms with E-state index in [0.717, 1.165) is 19.3 Å². The number of ether oxygens (including phenoxy) is 1. The molecule has 1 amide bonds. The number of benzene rings is 2. The van der Waals surface area contributed by atoms with Crippen LogP contribution < -0.4 is 9.46 Å². The van der Waals surface area contributed by atoms with E-state index in [-0.39, 0.29) is 16.5 Å². The van der Waals surface area contributed by atoms with Crippen LogP contribution in [0.5, 0.6) is 5.75 Å². The maximum Gasteiger partial charge on any atom is 0.276 e. The predicted molar refractivity (Wildman–Crippen MR) is 112 cm³/mol. The number of hydrogen-bond donors (Lipinski definition) is 1. The minimum atomic E-state index is -3.86. The van der Waals surface area contributed by atoms with E-state index in [1.165, 1.54) is 18.2 Å². The van der Waals surface area contributed by atoms with Crippen molar-refractivity contribution in [1.82, 2.24) is 10.1 Å². The van der Waals surface area contributed by atoms with Crippen LogP contribution in [-0.2, 0) is 10.0 Å². The molecule has 1 aliphatic heterocycles. The molecule has 1 aromatic heterocycles. The van der Waals surface area contributed by atoms with Gasteiger partial charge in [0, 0.05) is 18.8 Å². The maximum absolute atomic E-state index is 12.9. The fourth-order valence-corrected chi connectivity index (χ4v) is 4.57. The number of aromatic nitrogens is 1. The smallest absolute Gasteiger partial charge is 0.276 e. The van der Waals surface area contributed by atoms with Crippen LogP contribution in [0.4, 0.5) is 5.69 Å². The molecule has 1 saturated heterocycles. The van der Waals surface area contributed by atoms with Gasteiger partial charge >= 0.3 is 0 Å². The zero-order valence-corrected chi connectivity index (χ0v) is 17.4. The highest BCUT2D eigenvalue weighted by Crippen LogP contribution is 2.26. The summed E-state index contributed by atoms with van der Waals surface area (Å²) in [7, 11) is -3.86. The van der Waals surface area contributed by atoms with Gasteiger partial charge in [0.05, 0.1) is 16.9 Å². The summed E-state index contributed by atoms with van der Waals surface area (Å²) in [5.74, 6) is 0.426. The van der Waals surface area contributed by atoms with E-state index in [1.807, 2.05) is 6.92 Å². The topological polar surface area (TPSA) is 102 Å². The molecule has 8 nitrogen and oxygen atoms in total. The first kappa shape index (κ1) is 20.2. The van der Waals surface area contributed by atoms with Crippen LogP contribution in [0.25, 0.3) is 11.0 Å². The van der Waals surface area contributed by atoms with Gasteiger partial charge < -0.3 is 14.2 Å². The third-order valence-electron chi connectivity index (χ3n) is 5.02. The van der Waals surface area contributed by atoms with Gasteiger partial charge in [-0.1, -0.05) is 5.16 Å². The third kappa shape index (κ3) is 4.11. The number of hydrogen-bond acceptors (Lipinski definition) is 6. The first-order valence-corrected chi connectivity index (χ1v) is 11.4. The molecule has 158 valence electrons. The fourth-order valence-electron chi connectivity index (χ4n) is 3.49. The molecule has 0 aliphatic carbocycles. The minimum Gasteiger partial charge on any atom is -0.494 e. The Hall–Kier alpha value is -3.07. The second kappa shape index (κ2) is 8.35. The Labute approximate surface area is 174 Å². The minimum absolute atomic E-state index is 0.0276.